The molecule has 2 fully saturated rings. The molecule has 2 aromatic rings. The third-order valence-electron chi connectivity index (χ3n) is 4.74. The van der Waals surface area contributed by atoms with Crippen molar-refractivity contribution < 1.29 is 0 Å². The maximum atomic E-state index is 4.77. The second-order valence-electron chi connectivity index (χ2n) is 6.51. The molecule has 2 aromatic heterocycles. The van der Waals surface area contributed by atoms with Crippen molar-refractivity contribution >= 4 is 5.65 Å². The van der Waals surface area contributed by atoms with Crippen molar-refractivity contribution in [2.75, 3.05) is 6.54 Å². The van der Waals surface area contributed by atoms with Gasteiger partial charge in [-0.25, -0.2) is 4.98 Å². The fourth-order valence-corrected chi connectivity index (χ4v) is 3.34. The minimum Gasteiger partial charge on any atom is -0.308 e. The van der Waals surface area contributed by atoms with E-state index in [1.54, 1.807) is 0 Å². The van der Waals surface area contributed by atoms with Crippen LogP contribution >= 0.6 is 0 Å². The summed E-state index contributed by atoms with van der Waals surface area (Å²) in [6.07, 6.45) is 7.03. The Hall–Kier alpha value is -1.35. The first-order valence-electron chi connectivity index (χ1n) is 7.42. The number of imidazole rings is 1. The van der Waals surface area contributed by atoms with E-state index in [-0.39, 0.29) is 0 Å². The second-order valence-corrected chi connectivity index (χ2v) is 6.51. The second kappa shape index (κ2) is 4.07. The lowest BCUT2D eigenvalue weighted by atomic mass is 10.1. The van der Waals surface area contributed by atoms with Gasteiger partial charge in [0, 0.05) is 12.4 Å². The summed E-state index contributed by atoms with van der Waals surface area (Å²) in [5.41, 5.74) is 3.75. The lowest BCUT2D eigenvalue weighted by Crippen LogP contribution is -2.13. The van der Waals surface area contributed by atoms with Crippen LogP contribution in [0, 0.1) is 11.8 Å². The Labute approximate surface area is 114 Å². The molecule has 100 valence electrons. The van der Waals surface area contributed by atoms with Gasteiger partial charge in [-0.3, -0.25) is 0 Å². The molecule has 1 saturated heterocycles. The van der Waals surface area contributed by atoms with Crippen molar-refractivity contribution in [2.45, 2.75) is 38.6 Å². The van der Waals surface area contributed by atoms with Gasteiger partial charge < -0.3 is 9.72 Å². The first kappa shape index (κ1) is 11.5. The van der Waals surface area contributed by atoms with E-state index in [1.165, 1.54) is 24.1 Å². The fourth-order valence-electron chi connectivity index (χ4n) is 3.34. The van der Waals surface area contributed by atoms with Gasteiger partial charge in [0.1, 0.15) is 5.65 Å². The molecule has 1 aliphatic heterocycles. The van der Waals surface area contributed by atoms with Crippen molar-refractivity contribution in [1.82, 2.24) is 14.7 Å². The average molecular weight is 255 g/mol. The van der Waals surface area contributed by atoms with Gasteiger partial charge in [0.05, 0.1) is 11.7 Å². The van der Waals surface area contributed by atoms with Crippen molar-refractivity contribution in [1.29, 1.82) is 0 Å². The number of nitrogens with zero attached hydrogens (tertiary/aromatic N) is 2. The summed E-state index contributed by atoms with van der Waals surface area (Å²) < 4.78 is 2.21. The van der Waals surface area contributed by atoms with Crippen molar-refractivity contribution in [3.63, 3.8) is 0 Å². The molecule has 4 atom stereocenters. The van der Waals surface area contributed by atoms with E-state index in [9.17, 15) is 0 Å². The van der Waals surface area contributed by atoms with Crippen LogP contribution in [0.2, 0.25) is 0 Å². The zero-order valence-corrected chi connectivity index (χ0v) is 11.6. The quantitative estimate of drug-likeness (QED) is 0.893. The molecule has 0 radical (unpaired) electrons. The van der Waals surface area contributed by atoms with Gasteiger partial charge in [-0.05, 0) is 48.8 Å². The highest BCUT2D eigenvalue weighted by molar-refractivity contribution is 5.43. The van der Waals surface area contributed by atoms with E-state index in [0.717, 1.165) is 29.9 Å². The minimum atomic E-state index is 0.443. The van der Waals surface area contributed by atoms with Gasteiger partial charge in [-0.2, -0.15) is 0 Å². The molecule has 3 heterocycles. The highest BCUT2D eigenvalue weighted by Gasteiger charge is 2.34. The van der Waals surface area contributed by atoms with Gasteiger partial charge in [-0.15, -0.1) is 0 Å². The number of hydrogen-bond acceptors (Lipinski definition) is 2. The largest absolute Gasteiger partial charge is 0.308 e. The number of aromatic nitrogens is 2. The summed E-state index contributed by atoms with van der Waals surface area (Å²) >= 11 is 0. The van der Waals surface area contributed by atoms with Crippen LogP contribution in [-0.4, -0.2) is 15.9 Å². The molecule has 0 bridgehead atoms. The van der Waals surface area contributed by atoms with Gasteiger partial charge in [0.2, 0.25) is 0 Å². The highest BCUT2D eigenvalue weighted by atomic mass is 15.0. The van der Waals surface area contributed by atoms with Gasteiger partial charge in [0.25, 0.3) is 0 Å². The summed E-state index contributed by atoms with van der Waals surface area (Å²) in [6, 6.07) is 4.87. The maximum Gasteiger partial charge on any atom is 0.137 e. The van der Waals surface area contributed by atoms with Crippen LogP contribution in [0.1, 0.15) is 49.9 Å². The molecular formula is C16H21N3. The van der Waals surface area contributed by atoms with Crippen LogP contribution in [-0.2, 0) is 0 Å². The molecule has 4 rings (SSSR count). The molecule has 1 N–H and O–H groups in total. The Morgan fingerprint density at radius 1 is 1.21 bits per heavy atom. The third-order valence-corrected chi connectivity index (χ3v) is 4.74. The predicted molar refractivity (Wildman–Crippen MR) is 76.2 cm³/mol. The van der Waals surface area contributed by atoms with E-state index >= 15 is 0 Å². The Morgan fingerprint density at radius 3 is 2.74 bits per heavy atom. The summed E-state index contributed by atoms with van der Waals surface area (Å²) in [4.78, 5) is 4.77. The first-order chi connectivity index (χ1) is 9.20. The van der Waals surface area contributed by atoms with Gasteiger partial charge in [-0.1, -0.05) is 19.9 Å². The molecule has 3 heteroatoms. The van der Waals surface area contributed by atoms with Crippen LogP contribution in [0.5, 0.6) is 0 Å². The van der Waals surface area contributed by atoms with Crippen molar-refractivity contribution in [3.8, 4) is 0 Å². The first-order valence-corrected chi connectivity index (χ1v) is 7.42. The molecule has 0 amide bonds. The summed E-state index contributed by atoms with van der Waals surface area (Å²) in [7, 11) is 0. The smallest absolute Gasteiger partial charge is 0.137 e. The predicted octanol–water partition coefficient (Wildman–Crippen LogP) is 3.13. The van der Waals surface area contributed by atoms with E-state index in [2.05, 4.69) is 48.1 Å². The van der Waals surface area contributed by atoms with Crippen molar-refractivity contribution in [3.05, 3.63) is 35.8 Å². The van der Waals surface area contributed by atoms with Gasteiger partial charge >= 0.3 is 0 Å². The Kier molecular flexibility index (Phi) is 2.46. The molecule has 2 unspecified atom stereocenters. The minimum absolute atomic E-state index is 0.443. The molecular weight excluding hydrogens is 234 g/mol. The topological polar surface area (TPSA) is 29.3 Å². The zero-order chi connectivity index (χ0) is 13.0. The van der Waals surface area contributed by atoms with Crippen LogP contribution in [0.25, 0.3) is 5.65 Å². The van der Waals surface area contributed by atoms with Crippen LogP contribution in [0.3, 0.4) is 0 Å². The third kappa shape index (κ3) is 1.96. The van der Waals surface area contributed by atoms with Crippen molar-refractivity contribution in [2.24, 2.45) is 11.8 Å². The fraction of sp³-hybridized carbons (Fsp3) is 0.562. The number of pyridine rings is 1. The normalized spacial score (nSPS) is 34.0. The van der Waals surface area contributed by atoms with E-state index in [1.807, 2.05) is 0 Å². The van der Waals surface area contributed by atoms with Crippen LogP contribution in [0.4, 0.5) is 0 Å². The number of hydrogen-bond donors (Lipinski definition) is 1. The summed E-state index contributed by atoms with van der Waals surface area (Å²) in [5.74, 6) is 2.40. The number of rotatable bonds is 2. The Balaban J connectivity index is 1.67. The lowest BCUT2D eigenvalue weighted by molar-refractivity contribution is 0.602. The SMILES string of the molecule is CC1CC1c1ccc2nc([C@H]3C[C@H](C)CN3)cn2c1. The van der Waals surface area contributed by atoms with Crippen LogP contribution in [0.15, 0.2) is 24.5 Å². The maximum absolute atomic E-state index is 4.77. The zero-order valence-electron chi connectivity index (χ0n) is 11.6. The lowest BCUT2D eigenvalue weighted by Gasteiger charge is -2.04. The number of fused-ring (bicyclic) bond motifs is 1. The van der Waals surface area contributed by atoms with E-state index in [0.29, 0.717) is 6.04 Å². The molecule has 0 spiro atoms. The molecule has 19 heavy (non-hydrogen) atoms. The Morgan fingerprint density at radius 2 is 2.05 bits per heavy atom. The summed E-state index contributed by atoms with van der Waals surface area (Å²) in [6.45, 7) is 5.75. The molecule has 2 aliphatic rings. The molecule has 0 aromatic carbocycles. The van der Waals surface area contributed by atoms with Crippen LogP contribution < -0.4 is 5.32 Å². The van der Waals surface area contributed by atoms with E-state index in [4.69, 9.17) is 4.98 Å². The Bertz CT molecular complexity index is 615. The monoisotopic (exact) mass is 255 g/mol. The molecule has 1 aliphatic carbocycles. The van der Waals surface area contributed by atoms with E-state index < -0.39 is 0 Å². The molecule has 1 saturated carbocycles. The van der Waals surface area contributed by atoms with Gasteiger partial charge in [0.15, 0.2) is 0 Å². The highest BCUT2D eigenvalue weighted by Crippen LogP contribution is 2.46. The summed E-state index contributed by atoms with van der Waals surface area (Å²) in [5, 5.41) is 3.56. The standard InChI is InChI=1S/C16H21N3/c1-10-5-14(17-7-10)15-9-19-8-12(13-6-11(13)2)3-4-16(19)18-15/h3-4,8-11,13-14,17H,5-7H2,1-2H3/t10-,11?,13?,14+/m0/s1. The molecule has 3 nitrogen and oxygen atoms in total. The average Bonchev–Trinajstić information content (AvgIpc) is 2.83. The number of nitrogens with one attached hydrogen (secondary N) is 1.